The number of para-hydroxylation sites is 1. The second kappa shape index (κ2) is 9.67. The van der Waals surface area contributed by atoms with Crippen LogP contribution in [0.4, 0.5) is 5.69 Å². The van der Waals surface area contributed by atoms with Gasteiger partial charge >= 0.3 is 0 Å². The van der Waals surface area contributed by atoms with Crippen LogP contribution in [0.25, 0.3) is 0 Å². The van der Waals surface area contributed by atoms with E-state index in [1.165, 1.54) is 11.8 Å². The number of rotatable bonds is 8. The zero-order valence-electron chi connectivity index (χ0n) is 13.1. The van der Waals surface area contributed by atoms with Crippen LogP contribution < -0.4 is 14.8 Å². The predicted octanol–water partition coefficient (Wildman–Crippen LogP) is 4.75. The molecule has 2 rings (SSSR count). The molecule has 1 amide bonds. The van der Waals surface area contributed by atoms with E-state index in [-0.39, 0.29) is 5.91 Å². The Balaban J connectivity index is 1.69. The molecule has 0 atom stereocenters. The minimum absolute atomic E-state index is 0.0796. The van der Waals surface area contributed by atoms with Crippen LogP contribution in [0, 0.1) is 0 Å². The summed E-state index contributed by atoms with van der Waals surface area (Å²) in [5.74, 6) is 2.07. The minimum Gasteiger partial charge on any atom is -0.497 e. The zero-order chi connectivity index (χ0) is 17.4. The van der Waals surface area contributed by atoms with Gasteiger partial charge in [0.1, 0.15) is 5.75 Å². The van der Waals surface area contributed by atoms with Crippen LogP contribution in [0.2, 0.25) is 10.0 Å². The van der Waals surface area contributed by atoms with Crippen molar-refractivity contribution in [3.05, 3.63) is 52.5 Å². The lowest BCUT2D eigenvalue weighted by molar-refractivity contribution is -0.113. The number of benzene rings is 2. The lowest BCUT2D eigenvalue weighted by Gasteiger charge is -2.10. The highest BCUT2D eigenvalue weighted by Gasteiger charge is 2.07. The smallest absolute Gasteiger partial charge is 0.234 e. The number of carbonyl (C=O) groups is 1. The molecule has 0 aliphatic heterocycles. The van der Waals surface area contributed by atoms with Crippen LogP contribution in [-0.4, -0.2) is 31.1 Å². The van der Waals surface area contributed by atoms with Gasteiger partial charge in [-0.05, 0) is 24.3 Å². The maximum Gasteiger partial charge on any atom is 0.234 e. The molecule has 0 aromatic heterocycles. The molecule has 2 aromatic rings. The first-order chi connectivity index (χ1) is 11.6. The number of carbonyl (C=O) groups excluding carboxylic acids is 1. The summed E-state index contributed by atoms with van der Waals surface area (Å²) in [5, 5.41) is 3.77. The van der Waals surface area contributed by atoms with Gasteiger partial charge in [-0.2, -0.15) is 0 Å². The molecule has 0 radical (unpaired) electrons. The lowest BCUT2D eigenvalue weighted by Crippen LogP contribution is -2.15. The van der Waals surface area contributed by atoms with Crippen molar-refractivity contribution >= 4 is 46.6 Å². The number of hydrogen-bond acceptors (Lipinski definition) is 4. The summed E-state index contributed by atoms with van der Waals surface area (Å²) in [5.41, 5.74) is 0.707. The first-order valence-electron chi connectivity index (χ1n) is 7.18. The molecular weight excluding hydrogens is 369 g/mol. The normalized spacial score (nSPS) is 10.3. The number of nitrogens with one attached hydrogen (secondary N) is 1. The van der Waals surface area contributed by atoms with Crippen LogP contribution in [0.1, 0.15) is 0 Å². The second-order valence-electron chi connectivity index (χ2n) is 4.73. The second-order valence-corrected chi connectivity index (χ2v) is 6.65. The van der Waals surface area contributed by atoms with Gasteiger partial charge < -0.3 is 14.8 Å². The fourth-order valence-electron chi connectivity index (χ4n) is 1.89. The quantitative estimate of drug-likeness (QED) is 0.665. The van der Waals surface area contributed by atoms with E-state index in [0.29, 0.717) is 45.3 Å². The van der Waals surface area contributed by atoms with E-state index in [1.807, 2.05) is 18.2 Å². The van der Waals surface area contributed by atoms with Gasteiger partial charge in [-0.3, -0.25) is 4.79 Å². The SMILES string of the molecule is COc1cccc(NC(=O)CSCCOc2c(Cl)cccc2Cl)c1. The van der Waals surface area contributed by atoms with Crippen LogP contribution in [0.5, 0.6) is 11.5 Å². The lowest BCUT2D eigenvalue weighted by atomic mass is 10.3. The monoisotopic (exact) mass is 385 g/mol. The third kappa shape index (κ3) is 5.82. The molecule has 0 aliphatic rings. The predicted molar refractivity (Wildman–Crippen MR) is 101 cm³/mol. The summed E-state index contributed by atoms with van der Waals surface area (Å²) < 4.78 is 10.7. The van der Waals surface area contributed by atoms with Gasteiger partial charge in [-0.25, -0.2) is 0 Å². The van der Waals surface area contributed by atoms with Crippen LogP contribution in [0.15, 0.2) is 42.5 Å². The molecule has 7 heteroatoms. The largest absolute Gasteiger partial charge is 0.497 e. The third-order valence-electron chi connectivity index (χ3n) is 2.98. The number of methoxy groups -OCH3 is 1. The Labute approximate surface area is 155 Å². The molecule has 0 bridgehead atoms. The maximum atomic E-state index is 11.9. The molecule has 0 unspecified atom stereocenters. The fraction of sp³-hybridized carbons (Fsp3) is 0.235. The number of thioether (sulfide) groups is 1. The molecular formula is C17H17Cl2NO3S. The first kappa shape index (κ1) is 18.8. The van der Waals surface area contributed by atoms with Crippen LogP contribution >= 0.6 is 35.0 Å². The van der Waals surface area contributed by atoms with Gasteiger partial charge in [0.05, 0.1) is 29.5 Å². The summed E-state index contributed by atoms with van der Waals surface area (Å²) in [6, 6.07) is 12.4. The van der Waals surface area contributed by atoms with Crippen molar-refractivity contribution in [2.45, 2.75) is 0 Å². The zero-order valence-corrected chi connectivity index (χ0v) is 15.4. The summed E-state index contributed by atoms with van der Waals surface area (Å²) in [4.78, 5) is 11.9. The van der Waals surface area contributed by atoms with Gasteiger partial charge in [0.25, 0.3) is 0 Å². The van der Waals surface area contributed by atoms with E-state index >= 15 is 0 Å². The van der Waals surface area contributed by atoms with Gasteiger partial charge in [-0.15, -0.1) is 11.8 Å². The van der Waals surface area contributed by atoms with E-state index in [0.717, 1.165) is 0 Å². The first-order valence-corrected chi connectivity index (χ1v) is 9.09. The Morgan fingerprint density at radius 1 is 1.17 bits per heavy atom. The molecule has 0 saturated heterocycles. The highest BCUT2D eigenvalue weighted by atomic mass is 35.5. The Morgan fingerprint density at radius 2 is 1.88 bits per heavy atom. The molecule has 4 nitrogen and oxygen atoms in total. The third-order valence-corrected chi connectivity index (χ3v) is 4.50. The Morgan fingerprint density at radius 3 is 2.58 bits per heavy atom. The van der Waals surface area contributed by atoms with Crippen molar-refractivity contribution in [1.29, 1.82) is 0 Å². The van der Waals surface area contributed by atoms with Crippen molar-refractivity contribution in [2.24, 2.45) is 0 Å². The van der Waals surface area contributed by atoms with E-state index in [9.17, 15) is 4.79 Å². The van der Waals surface area contributed by atoms with E-state index in [1.54, 1.807) is 31.4 Å². The average Bonchev–Trinajstić information content (AvgIpc) is 2.57. The summed E-state index contributed by atoms with van der Waals surface area (Å²) in [6.45, 7) is 0.417. The Hall–Kier alpha value is -1.56. The number of halogens is 2. The highest BCUT2D eigenvalue weighted by Crippen LogP contribution is 2.32. The van der Waals surface area contributed by atoms with Gasteiger partial charge in [-0.1, -0.05) is 35.3 Å². The fourth-order valence-corrected chi connectivity index (χ4v) is 3.00. The topological polar surface area (TPSA) is 47.6 Å². The van der Waals surface area contributed by atoms with Gasteiger partial charge in [0.2, 0.25) is 5.91 Å². The van der Waals surface area contributed by atoms with Crippen molar-refractivity contribution in [1.82, 2.24) is 0 Å². The molecule has 0 saturated carbocycles. The summed E-state index contributed by atoms with van der Waals surface area (Å²) >= 11 is 13.5. The number of hydrogen-bond donors (Lipinski definition) is 1. The number of anilines is 1. The van der Waals surface area contributed by atoms with Crippen molar-refractivity contribution < 1.29 is 14.3 Å². The molecule has 2 aromatic carbocycles. The summed E-state index contributed by atoms with van der Waals surface area (Å²) in [7, 11) is 1.59. The average molecular weight is 386 g/mol. The van der Waals surface area contributed by atoms with E-state index in [2.05, 4.69) is 5.32 Å². The Kier molecular flexibility index (Phi) is 7.56. The summed E-state index contributed by atoms with van der Waals surface area (Å²) in [6.07, 6.45) is 0. The van der Waals surface area contributed by atoms with Gasteiger partial charge in [0.15, 0.2) is 5.75 Å². The van der Waals surface area contributed by atoms with Gasteiger partial charge in [0, 0.05) is 17.5 Å². The molecule has 0 fully saturated rings. The van der Waals surface area contributed by atoms with E-state index < -0.39 is 0 Å². The highest BCUT2D eigenvalue weighted by molar-refractivity contribution is 7.99. The molecule has 0 aliphatic carbocycles. The standard InChI is InChI=1S/C17H17Cl2NO3S/c1-22-13-5-2-4-12(10-13)20-16(21)11-24-9-8-23-17-14(18)6-3-7-15(17)19/h2-7,10H,8-9,11H2,1H3,(H,20,21). The Bertz CT molecular complexity index is 677. The minimum atomic E-state index is -0.0796. The van der Waals surface area contributed by atoms with E-state index in [4.69, 9.17) is 32.7 Å². The van der Waals surface area contributed by atoms with Crippen LogP contribution in [0.3, 0.4) is 0 Å². The molecule has 0 spiro atoms. The van der Waals surface area contributed by atoms with Crippen molar-refractivity contribution in [2.75, 3.05) is 30.5 Å². The van der Waals surface area contributed by atoms with Crippen molar-refractivity contribution in [3.63, 3.8) is 0 Å². The van der Waals surface area contributed by atoms with Crippen molar-refractivity contribution in [3.8, 4) is 11.5 Å². The van der Waals surface area contributed by atoms with Crippen LogP contribution in [-0.2, 0) is 4.79 Å². The molecule has 0 heterocycles. The number of amides is 1. The molecule has 24 heavy (non-hydrogen) atoms. The molecule has 1 N–H and O–H groups in total. The molecule has 128 valence electrons. The number of ether oxygens (including phenoxy) is 2. The maximum absolute atomic E-state index is 11.9.